The molecular weight excluding hydrogens is 290 g/mol. The van der Waals surface area contributed by atoms with Crippen LogP contribution < -0.4 is 15.4 Å². The number of anilines is 1. The molecular formula is C14H21N3O3S. The van der Waals surface area contributed by atoms with Crippen molar-refractivity contribution < 1.29 is 13.2 Å². The Morgan fingerprint density at radius 2 is 2.05 bits per heavy atom. The minimum atomic E-state index is -3.31. The van der Waals surface area contributed by atoms with E-state index in [0.29, 0.717) is 6.42 Å². The van der Waals surface area contributed by atoms with Gasteiger partial charge in [-0.1, -0.05) is 18.2 Å². The standard InChI is InChI=1S/C14H21N3O3S/c1-14(2,17-21(3,19)20)9-15-13(18)12-8-10-6-4-5-7-11(10)16-12/h4-7,12,16-17H,8-9H2,1-3H3,(H,15,18). The number of carbonyl (C=O) groups excluding carboxylic acids is 1. The smallest absolute Gasteiger partial charge is 0.242 e. The lowest BCUT2D eigenvalue weighted by atomic mass is 10.1. The topological polar surface area (TPSA) is 87.3 Å². The van der Waals surface area contributed by atoms with Crippen molar-refractivity contribution in [2.75, 3.05) is 18.1 Å². The maximum atomic E-state index is 12.2. The second-order valence-electron chi connectivity index (χ2n) is 6.03. The summed E-state index contributed by atoms with van der Waals surface area (Å²) in [6, 6.07) is 7.49. The molecule has 1 atom stereocenters. The van der Waals surface area contributed by atoms with E-state index in [4.69, 9.17) is 0 Å². The largest absolute Gasteiger partial charge is 0.373 e. The van der Waals surface area contributed by atoms with Gasteiger partial charge in [-0.3, -0.25) is 4.79 Å². The predicted molar refractivity (Wildman–Crippen MR) is 82.6 cm³/mol. The summed E-state index contributed by atoms with van der Waals surface area (Å²) in [7, 11) is -3.31. The predicted octanol–water partition coefficient (Wildman–Crippen LogP) is 0.467. The molecule has 0 fully saturated rings. The number of benzene rings is 1. The molecule has 2 rings (SSSR count). The molecule has 21 heavy (non-hydrogen) atoms. The average molecular weight is 311 g/mol. The van der Waals surface area contributed by atoms with Gasteiger partial charge in [-0.15, -0.1) is 0 Å². The van der Waals surface area contributed by atoms with Crippen LogP contribution in [0.15, 0.2) is 24.3 Å². The molecule has 0 saturated carbocycles. The first-order chi connectivity index (χ1) is 9.66. The van der Waals surface area contributed by atoms with Crippen LogP contribution in [0, 0.1) is 0 Å². The number of rotatable bonds is 5. The zero-order valence-corrected chi connectivity index (χ0v) is 13.3. The average Bonchev–Trinajstić information content (AvgIpc) is 2.77. The number of nitrogens with one attached hydrogen (secondary N) is 3. The highest BCUT2D eigenvalue weighted by Gasteiger charge is 2.28. The normalized spacial score (nSPS) is 18.0. The summed E-state index contributed by atoms with van der Waals surface area (Å²) in [5.41, 5.74) is 1.37. The number of carbonyl (C=O) groups is 1. The van der Waals surface area contributed by atoms with Crippen molar-refractivity contribution in [1.29, 1.82) is 0 Å². The Labute approximate surface area is 125 Å². The summed E-state index contributed by atoms with van der Waals surface area (Å²) < 4.78 is 25.0. The second kappa shape index (κ2) is 5.65. The van der Waals surface area contributed by atoms with E-state index >= 15 is 0 Å². The lowest BCUT2D eigenvalue weighted by Crippen LogP contribution is -2.53. The van der Waals surface area contributed by atoms with Crippen LogP contribution in [0.1, 0.15) is 19.4 Å². The first kappa shape index (κ1) is 15.8. The Balaban J connectivity index is 1.89. The highest BCUT2D eigenvalue weighted by Crippen LogP contribution is 2.25. The zero-order chi connectivity index (χ0) is 15.7. The minimum Gasteiger partial charge on any atom is -0.373 e. The van der Waals surface area contributed by atoms with E-state index in [0.717, 1.165) is 17.5 Å². The third kappa shape index (κ3) is 4.44. The number of fused-ring (bicyclic) bond motifs is 1. The minimum absolute atomic E-state index is 0.130. The van der Waals surface area contributed by atoms with E-state index in [1.54, 1.807) is 13.8 Å². The number of amides is 1. The van der Waals surface area contributed by atoms with Crippen LogP contribution >= 0.6 is 0 Å². The molecule has 1 unspecified atom stereocenters. The lowest BCUT2D eigenvalue weighted by molar-refractivity contribution is -0.121. The fourth-order valence-electron chi connectivity index (χ4n) is 2.43. The summed E-state index contributed by atoms with van der Waals surface area (Å²) in [4.78, 5) is 12.2. The second-order valence-corrected chi connectivity index (χ2v) is 7.78. The van der Waals surface area contributed by atoms with Gasteiger partial charge in [0, 0.05) is 24.2 Å². The van der Waals surface area contributed by atoms with E-state index in [1.807, 2.05) is 24.3 Å². The van der Waals surface area contributed by atoms with Crippen LogP contribution in [0.4, 0.5) is 5.69 Å². The summed E-state index contributed by atoms with van der Waals surface area (Å²) in [5.74, 6) is -0.130. The summed E-state index contributed by atoms with van der Waals surface area (Å²) >= 11 is 0. The van der Waals surface area contributed by atoms with Crippen molar-refractivity contribution in [2.45, 2.75) is 31.8 Å². The van der Waals surface area contributed by atoms with E-state index in [2.05, 4.69) is 15.4 Å². The molecule has 1 heterocycles. The Kier molecular flexibility index (Phi) is 4.25. The fraction of sp³-hybridized carbons (Fsp3) is 0.500. The number of para-hydroxylation sites is 1. The molecule has 1 amide bonds. The number of sulfonamides is 1. The Bertz CT molecular complexity index is 616. The van der Waals surface area contributed by atoms with Crippen molar-refractivity contribution in [3.05, 3.63) is 29.8 Å². The van der Waals surface area contributed by atoms with E-state index in [1.165, 1.54) is 0 Å². The Morgan fingerprint density at radius 1 is 1.38 bits per heavy atom. The molecule has 116 valence electrons. The molecule has 0 aromatic heterocycles. The summed E-state index contributed by atoms with van der Waals surface area (Å²) in [6.07, 6.45) is 1.74. The van der Waals surface area contributed by atoms with Gasteiger partial charge >= 0.3 is 0 Å². The molecule has 6 nitrogen and oxygen atoms in total. The fourth-order valence-corrected chi connectivity index (χ4v) is 3.50. The van der Waals surface area contributed by atoms with E-state index < -0.39 is 15.6 Å². The highest BCUT2D eigenvalue weighted by atomic mass is 32.2. The van der Waals surface area contributed by atoms with Gasteiger partial charge in [0.25, 0.3) is 0 Å². The van der Waals surface area contributed by atoms with E-state index in [9.17, 15) is 13.2 Å². The number of hydrogen-bond acceptors (Lipinski definition) is 4. The summed E-state index contributed by atoms with van der Waals surface area (Å²) in [6.45, 7) is 3.68. The molecule has 7 heteroatoms. The van der Waals surface area contributed by atoms with Gasteiger partial charge in [0.15, 0.2) is 0 Å². The van der Waals surface area contributed by atoms with Crippen LogP contribution in [-0.2, 0) is 21.2 Å². The van der Waals surface area contributed by atoms with Crippen molar-refractivity contribution in [3.8, 4) is 0 Å². The van der Waals surface area contributed by atoms with Crippen LogP contribution in [0.3, 0.4) is 0 Å². The molecule has 3 N–H and O–H groups in total. The maximum Gasteiger partial charge on any atom is 0.242 e. The van der Waals surface area contributed by atoms with Crippen LogP contribution in [-0.4, -0.2) is 38.7 Å². The molecule has 0 radical (unpaired) electrons. The highest BCUT2D eigenvalue weighted by molar-refractivity contribution is 7.88. The summed E-state index contributed by atoms with van der Waals surface area (Å²) in [5, 5.41) is 5.96. The molecule has 0 aliphatic carbocycles. The van der Waals surface area contributed by atoms with Crippen LogP contribution in [0.25, 0.3) is 0 Å². The molecule has 0 saturated heterocycles. The monoisotopic (exact) mass is 311 g/mol. The van der Waals surface area contributed by atoms with Crippen LogP contribution in [0.5, 0.6) is 0 Å². The van der Waals surface area contributed by atoms with Gasteiger partial charge in [0.1, 0.15) is 6.04 Å². The van der Waals surface area contributed by atoms with Crippen molar-refractivity contribution >= 4 is 21.6 Å². The third-order valence-corrected chi connectivity index (χ3v) is 4.18. The third-order valence-electron chi connectivity index (χ3n) is 3.25. The van der Waals surface area contributed by atoms with E-state index in [-0.39, 0.29) is 18.5 Å². The molecule has 1 aromatic carbocycles. The SMILES string of the molecule is CC(C)(CNC(=O)C1Cc2ccccc2N1)NS(C)(=O)=O. The quantitative estimate of drug-likeness (QED) is 0.737. The van der Waals surface area contributed by atoms with Gasteiger partial charge in [-0.05, 0) is 25.5 Å². The molecule has 1 aliphatic rings. The molecule has 1 aliphatic heterocycles. The van der Waals surface area contributed by atoms with Gasteiger partial charge in [-0.2, -0.15) is 0 Å². The first-order valence-corrected chi connectivity index (χ1v) is 8.66. The van der Waals surface area contributed by atoms with Crippen molar-refractivity contribution in [1.82, 2.24) is 10.0 Å². The van der Waals surface area contributed by atoms with Gasteiger partial charge < -0.3 is 10.6 Å². The van der Waals surface area contributed by atoms with Gasteiger partial charge in [-0.25, -0.2) is 13.1 Å². The van der Waals surface area contributed by atoms with Crippen LogP contribution in [0.2, 0.25) is 0 Å². The van der Waals surface area contributed by atoms with Gasteiger partial charge in [0.05, 0.1) is 6.26 Å². The molecule has 1 aromatic rings. The Morgan fingerprint density at radius 3 is 2.67 bits per heavy atom. The maximum absolute atomic E-state index is 12.2. The lowest BCUT2D eigenvalue weighted by Gasteiger charge is -2.26. The van der Waals surface area contributed by atoms with Gasteiger partial charge in [0.2, 0.25) is 15.9 Å². The zero-order valence-electron chi connectivity index (χ0n) is 12.4. The molecule has 0 spiro atoms. The first-order valence-electron chi connectivity index (χ1n) is 6.77. The number of hydrogen-bond donors (Lipinski definition) is 3. The Hall–Kier alpha value is -1.60. The van der Waals surface area contributed by atoms with Crippen molar-refractivity contribution in [2.24, 2.45) is 0 Å². The molecule has 0 bridgehead atoms. The van der Waals surface area contributed by atoms with Crippen molar-refractivity contribution in [3.63, 3.8) is 0 Å².